The quantitative estimate of drug-likeness (QED) is 0.542. The van der Waals surface area contributed by atoms with Crippen molar-refractivity contribution in [2.45, 2.75) is 52.4 Å². The van der Waals surface area contributed by atoms with Crippen LogP contribution >= 0.6 is 0 Å². The third-order valence-electron chi connectivity index (χ3n) is 6.57. The SMILES string of the molecule is Cc1ccc(NS(C)(=O)=O)c(CN2CCC(C(F)(F)F)CC2c2cc3nc(C)c(C)c(=O)n3[nH]2)c1. The Bertz CT molecular complexity index is 1430. The number of benzene rings is 1. The van der Waals surface area contributed by atoms with Crippen LogP contribution in [0.3, 0.4) is 0 Å². The maximum atomic E-state index is 13.7. The Morgan fingerprint density at radius 2 is 1.91 bits per heavy atom. The van der Waals surface area contributed by atoms with Crippen molar-refractivity contribution in [2.24, 2.45) is 5.92 Å². The molecule has 2 N–H and O–H groups in total. The number of aromatic nitrogens is 3. The monoisotopic (exact) mass is 511 g/mol. The standard InChI is InChI=1S/C23H28F3N5O3S/c1-13-5-6-18(29-35(4,33)34)16(9-13)12-30-8-7-17(23(24,25)26)10-20(30)19-11-21-27-15(3)14(2)22(32)31(21)28-19/h5-6,9,11,17,20,28-29H,7-8,10,12H2,1-4H3. The minimum Gasteiger partial charge on any atom is -0.292 e. The van der Waals surface area contributed by atoms with Gasteiger partial charge in [0.2, 0.25) is 10.0 Å². The molecule has 3 aromatic rings. The van der Waals surface area contributed by atoms with Crippen LogP contribution < -0.4 is 10.3 Å². The van der Waals surface area contributed by atoms with Crippen molar-refractivity contribution in [3.63, 3.8) is 0 Å². The van der Waals surface area contributed by atoms with Gasteiger partial charge >= 0.3 is 6.18 Å². The lowest BCUT2D eigenvalue weighted by molar-refractivity contribution is -0.190. The highest BCUT2D eigenvalue weighted by atomic mass is 32.2. The summed E-state index contributed by atoms with van der Waals surface area (Å²) in [6.45, 7) is 5.60. The molecule has 4 rings (SSSR count). The highest BCUT2D eigenvalue weighted by molar-refractivity contribution is 7.92. The van der Waals surface area contributed by atoms with E-state index in [9.17, 15) is 26.4 Å². The van der Waals surface area contributed by atoms with E-state index in [1.807, 2.05) is 17.9 Å². The van der Waals surface area contributed by atoms with Crippen LogP contribution in [0.4, 0.5) is 18.9 Å². The Morgan fingerprint density at radius 3 is 2.57 bits per heavy atom. The van der Waals surface area contributed by atoms with Gasteiger partial charge in [-0.15, -0.1) is 0 Å². The Kier molecular flexibility index (Phi) is 6.47. The smallest absolute Gasteiger partial charge is 0.292 e. The summed E-state index contributed by atoms with van der Waals surface area (Å²) in [6, 6.07) is 6.19. The average Bonchev–Trinajstić information content (AvgIpc) is 3.16. The van der Waals surface area contributed by atoms with Crippen molar-refractivity contribution >= 4 is 21.4 Å². The van der Waals surface area contributed by atoms with Gasteiger partial charge in [0.1, 0.15) is 0 Å². The number of aryl methyl sites for hydroxylation is 2. The number of alkyl halides is 3. The van der Waals surface area contributed by atoms with E-state index >= 15 is 0 Å². The van der Waals surface area contributed by atoms with Crippen molar-refractivity contribution in [1.82, 2.24) is 19.5 Å². The zero-order valence-electron chi connectivity index (χ0n) is 19.9. The topological polar surface area (TPSA) is 99.6 Å². The van der Waals surface area contributed by atoms with Crippen LogP contribution in [0.2, 0.25) is 0 Å². The summed E-state index contributed by atoms with van der Waals surface area (Å²) in [6.07, 6.45) is -3.56. The number of hydrogen-bond acceptors (Lipinski definition) is 5. The van der Waals surface area contributed by atoms with Crippen molar-refractivity contribution < 1.29 is 21.6 Å². The lowest BCUT2D eigenvalue weighted by atomic mass is 9.88. The molecule has 1 aliphatic heterocycles. The third-order valence-corrected chi connectivity index (χ3v) is 7.16. The summed E-state index contributed by atoms with van der Waals surface area (Å²) in [7, 11) is -3.55. The van der Waals surface area contributed by atoms with Gasteiger partial charge in [0, 0.05) is 23.9 Å². The van der Waals surface area contributed by atoms with Gasteiger partial charge in [0.15, 0.2) is 5.65 Å². The van der Waals surface area contributed by atoms with Crippen molar-refractivity contribution in [1.29, 1.82) is 0 Å². The normalized spacial score (nSPS) is 19.9. The van der Waals surface area contributed by atoms with E-state index in [4.69, 9.17) is 0 Å². The van der Waals surface area contributed by atoms with Crippen LogP contribution in [-0.2, 0) is 16.6 Å². The van der Waals surface area contributed by atoms with Gasteiger partial charge in [0.25, 0.3) is 5.56 Å². The fourth-order valence-corrected chi connectivity index (χ4v) is 5.20. The van der Waals surface area contributed by atoms with E-state index in [0.717, 1.165) is 11.8 Å². The first-order chi connectivity index (χ1) is 16.2. The van der Waals surface area contributed by atoms with Crippen LogP contribution in [-0.4, -0.2) is 46.9 Å². The van der Waals surface area contributed by atoms with E-state index in [-0.39, 0.29) is 31.5 Å². The summed E-state index contributed by atoms with van der Waals surface area (Å²) in [4.78, 5) is 19.0. The minimum atomic E-state index is -4.34. The van der Waals surface area contributed by atoms with Crippen LogP contribution in [0.1, 0.15) is 47.0 Å². The van der Waals surface area contributed by atoms with Crippen molar-refractivity contribution in [3.05, 3.63) is 62.7 Å². The Hall–Kier alpha value is -2.86. The first-order valence-corrected chi connectivity index (χ1v) is 13.1. The summed E-state index contributed by atoms with van der Waals surface area (Å²) in [5.41, 5.74) is 3.46. The number of rotatable bonds is 5. The summed E-state index contributed by atoms with van der Waals surface area (Å²) in [5.74, 6) is -1.49. The molecule has 1 saturated heterocycles. The Labute approximate surface area is 201 Å². The maximum absolute atomic E-state index is 13.7. The molecule has 0 amide bonds. The second kappa shape index (κ2) is 8.98. The number of nitrogens with zero attached hydrogens (tertiary/aromatic N) is 3. The van der Waals surface area contributed by atoms with E-state index in [1.54, 1.807) is 32.0 Å². The number of sulfonamides is 1. The molecule has 1 fully saturated rings. The van der Waals surface area contributed by atoms with Gasteiger partial charge in [-0.2, -0.15) is 13.2 Å². The molecule has 1 aliphatic rings. The molecule has 0 aliphatic carbocycles. The van der Waals surface area contributed by atoms with Crippen LogP contribution in [0.25, 0.3) is 5.65 Å². The minimum absolute atomic E-state index is 0.0721. The Balaban J connectivity index is 1.76. The van der Waals surface area contributed by atoms with Crippen LogP contribution in [0.5, 0.6) is 0 Å². The predicted octanol–water partition coefficient (Wildman–Crippen LogP) is 3.83. The van der Waals surface area contributed by atoms with Gasteiger partial charge in [-0.1, -0.05) is 17.7 Å². The first-order valence-electron chi connectivity index (χ1n) is 11.2. The molecule has 2 atom stereocenters. The number of piperidine rings is 1. The number of anilines is 1. The molecule has 190 valence electrons. The van der Waals surface area contributed by atoms with Gasteiger partial charge < -0.3 is 0 Å². The molecule has 8 nitrogen and oxygen atoms in total. The largest absolute Gasteiger partial charge is 0.391 e. The summed E-state index contributed by atoms with van der Waals surface area (Å²) >= 11 is 0. The molecule has 2 unspecified atom stereocenters. The first kappa shape index (κ1) is 25.2. The number of H-pyrrole nitrogens is 1. The molecule has 2 aromatic heterocycles. The fourth-order valence-electron chi connectivity index (χ4n) is 4.60. The van der Waals surface area contributed by atoms with E-state index in [2.05, 4.69) is 14.8 Å². The number of nitrogens with one attached hydrogen (secondary N) is 2. The molecular formula is C23H28F3N5O3S. The molecule has 0 spiro atoms. The second-order valence-electron chi connectivity index (χ2n) is 9.32. The fraction of sp³-hybridized carbons (Fsp3) is 0.478. The van der Waals surface area contributed by atoms with Crippen LogP contribution in [0.15, 0.2) is 29.1 Å². The van der Waals surface area contributed by atoms with Crippen LogP contribution in [0, 0.1) is 26.7 Å². The maximum Gasteiger partial charge on any atom is 0.391 e. The van der Waals surface area contributed by atoms with E-state index in [0.29, 0.717) is 33.8 Å². The zero-order valence-corrected chi connectivity index (χ0v) is 20.7. The molecule has 3 heterocycles. The van der Waals surface area contributed by atoms with Crippen molar-refractivity contribution in [3.8, 4) is 0 Å². The molecule has 1 aromatic carbocycles. The number of likely N-dealkylation sites (tertiary alicyclic amines) is 1. The van der Waals surface area contributed by atoms with E-state index < -0.39 is 28.2 Å². The summed E-state index contributed by atoms with van der Waals surface area (Å²) < 4.78 is 68.5. The van der Waals surface area contributed by atoms with Crippen molar-refractivity contribution in [2.75, 3.05) is 17.5 Å². The molecule has 12 heteroatoms. The zero-order chi connectivity index (χ0) is 25.7. The lowest BCUT2D eigenvalue weighted by Crippen LogP contribution is -2.41. The number of halogens is 3. The highest BCUT2D eigenvalue weighted by Gasteiger charge is 2.45. The van der Waals surface area contributed by atoms with Gasteiger partial charge in [0.05, 0.1) is 29.6 Å². The van der Waals surface area contributed by atoms with Gasteiger partial charge in [-0.25, -0.2) is 17.9 Å². The van der Waals surface area contributed by atoms with E-state index in [1.165, 1.54) is 4.52 Å². The number of fused-ring (bicyclic) bond motifs is 1. The Morgan fingerprint density at radius 1 is 1.20 bits per heavy atom. The predicted molar refractivity (Wildman–Crippen MR) is 127 cm³/mol. The molecule has 0 radical (unpaired) electrons. The second-order valence-corrected chi connectivity index (χ2v) is 11.1. The van der Waals surface area contributed by atoms with Gasteiger partial charge in [-0.05, 0) is 51.8 Å². The van der Waals surface area contributed by atoms with Gasteiger partial charge in [-0.3, -0.25) is 19.5 Å². The number of aromatic amines is 1. The summed E-state index contributed by atoms with van der Waals surface area (Å²) in [5, 5.41) is 2.97. The molecule has 0 saturated carbocycles. The third kappa shape index (κ3) is 5.37. The molecule has 0 bridgehead atoms. The highest BCUT2D eigenvalue weighted by Crippen LogP contribution is 2.42. The average molecular weight is 512 g/mol. The lowest BCUT2D eigenvalue weighted by Gasteiger charge is -2.39. The molecule has 35 heavy (non-hydrogen) atoms. The number of hydrogen-bond donors (Lipinski definition) is 2. The molecular weight excluding hydrogens is 483 g/mol.